The predicted octanol–water partition coefficient (Wildman–Crippen LogP) is 1.09. The molecule has 1 saturated carbocycles. The molecule has 2 amide bonds. The molecule has 0 bridgehead atoms. The minimum Gasteiger partial charge on any atom is -0.378 e. The zero-order valence-electron chi connectivity index (χ0n) is 13.7. The molecule has 1 heterocycles. The second-order valence-corrected chi connectivity index (χ2v) is 6.11. The normalized spacial score (nSPS) is 22.4. The minimum atomic E-state index is -0.521. The van der Waals surface area contributed by atoms with Gasteiger partial charge in [-0.05, 0) is 26.2 Å². The van der Waals surface area contributed by atoms with Crippen molar-refractivity contribution in [1.82, 2.24) is 10.2 Å². The molecule has 1 aliphatic carbocycles. The molecule has 1 N–H and O–H groups in total. The van der Waals surface area contributed by atoms with E-state index >= 15 is 0 Å². The van der Waals surface area contributed by atoms with Crippen LogP contribution in [0, 0.1) is 0 Å². The van der Waals surface area contributed by atoms with E-state index in [-0.39, 0.29) is 17.9 Å². The van der Waals surface area contributed by atoms with Gasteiger partial charge in [0, 0.05) is 13.1 Å². The molecule has 2 atom stereocenters. The zero-order valence-corrected chi connectivity index (χ0v) is 13.7. The molecule has 0 aromatic heterocycles. The monoisotopic (exact) mass is 312 g/mol. The lowest BCUT2D eigenvalue weighted by atomic mass is 10.2. The van der Waals surface area contributed by atoms with Crippen LogP contribution in [0.1, 0.15) is 46.0 Å². The van der Waals surface area contributed by atoms with Crippen molar-refractivity contribution in [3.05, 3.63) is 0 Å². The van der Waals surface area contributed by atoms with E-state index in [1.807, 2.05) is 6.92 Å². The summed E-state index contributed by atoms with van der Waals surface area (Å²) in [5, 5.41) is 2.81. The molecular weight excluding hydrogens is 284 g/mol. The van der Waals surface area contributed by atoms with Crippen molar-refractivity contribution in [2.45, 2.75) is 64.2 Å². The van der Waals surface area contributed by atoms with Gasteiger partial charge in [0.2, 0.25) is 11.8 Å². The van der Waals surface area contributed by atoms with Crippen molar-refractivity contribution in [2.75, 3.05) is 26.3 Å². The van der Waals surface area contributed by atoms with E-state index in [2.05, 4.69) is 5.32 Å². The molecule has 0 aromatic rings. The Morgan fingerprint density at radius 1 is 1.27 bits per heavy atom. The maximum absolute atomic E-state index is 12.3. The lowest BCUT2D eigenvalue weighted by molar-refractivity contribution is -0.144. The quantitative estimate of drug-likeness (QED) is 0.797. The Morgan fingerprint density at radius 3 is 2.50 bits per heavy atom. The number of ether oxygens (including phenoxy) is 2. The van der Waals surface area contributed by atoms with Crippen molar-refractivity contribution in [2.24, 2.45) is 0 Å². The summed E-state index contributed by atoms with van der Waals surface area (Å²) in [5.41, 5.74) is 0. The van der Waals surface area contributed by atoms with E-state index in [1.165, 1.54) is 12.8 Å². The largest absolute Gasteiger partial charge is 0.378 e. The Balaban J connectivity index is 1.81. The maximum atomic E-state index is 12.3. The van der Waals surface area contributed by atoms with E-state index in [9.17, 15) is 9.59 Å². The molecule has 0 radical (unpaired) electrons. The summed E-state index contributed by atoms with van der Waals surface area (Å²) >= 11 is 0. The molecule has 0 spiro atoms. The van der Waals surface area contributed by atoms with Crippen molar-refractivity contribution in [1.29, 1.82) is 0 Å². The minimum absolute atomic E-state index is 0.0487. The van der Waals surface area contributed by atoms with E-state index in [0.29, 0.717) is 32.7 Å². The molecule has 0 aromatic carbocycles. The van der Waals surface area contributed by atoms with Crippen molar-refractivity contribution >= 4 is 11.8 Å². The maximum Gasteiger partial charge on any atom is 0.249 e. The van der Waals surface area contributed by atoms with Gasteiger partial charge in [-0.15, -0.1) is 0 Å². The molecular formula is C16H28N2O4. The average Bonchev–Trinajstić information content (AvgIpc) is 3.05. The van der Waals surface area contributed by atoms with Crippen LogP contribution in [-0.4, -0.2) is 61.3 Å². The Kier molecular flexibility index (Phi) is 6.64. The first-order valence-electron chi connectivity index (χ1n) is 8.44. The number of hydrogen-bond acceptors (Lipinski definition) is 4. The fourth-order valence-corrected chi connectivity index (χ4v) is 3.03. The van der Waals surface area contributed by atoms with Gasteiger partial charge in [-0.3, -0.25) is 9.59 Å². The van der Waals surface area contributed by atoms with Gasteiger partial charge in [-0.1, -0.05) is 19.8 Å². The van der Waals surface area contributed by atoms with Gasteiger partial charge in [-0.25, -0.2) is 0 Å². The van der Waals surface area contributed by atoms with Crippen LogP contribution in [0.5, 0.6) is 0 Å². The van der Waals surface area contributed by atoms with Crippen LogP contribution in [-0.2, 0) is 19.1 Å². The topological polar surface area (TPSA) is 67.9 Å². The van der Waals surface area contributed by atoms with Gasteiger partial charge in [0.15, 0.2) is 0 Å². The second-order valence-electron chi connectivity index (χ2n) is 6.11. The molecule has 6 nitrogen and oxygen atoms in total. The Hall–Kier alpha value is -1.14. The summed E-state index contributed by atoms with van der Waals surface area (Å²) in [5.74, 6) is -0.226. The first kappa shape index (κ1) is 17.2. The van der Waals surface area contributed by atoms with E-state index in [4.69, 9.17) is 9.47 Å². The fourth-order valence-electron chi connectivity index (χ4n) is 3.03. The van der Waals surface area contributed by atoms with Crippen LogP contribution in [0.4, 0.5) is 0 Å². The predicted molar refractivity (Wildman–Crippen MR) is 82.4 cm³/mol. The second kappa shape index (κ2) is 8.48. The third-order valence-corrected chi connectivity index (χ3v) is 4.37. The van der Waals surface area contributed by atoms with E-state index in [0.717, 1.165) is 12.8 Å². The summed E-state index contributed by atoms with van der Waals surface area (Å²) in [6.45, 7) is 5.98. The van der Waals surface area contributed by atoms with Crippen LogP contribution < -0.4 is 5.32 Å². The van der Waals surface area contributed by atoms with Crippen LogP contribution in [0.3, 0.4) is 0 Å². The number of nitrogens with zero attached hydrogens (tertiary/aromatic N) is 1. The molecule has 1 saturated heterocycles. The van der Waals surface area contributed by atoms with Crippen molar-refractivity contribution in [3.63, 3.8) is 0 Å². The summed E-state index contributed by atoms with van der Waals surface area (Å²) in [4.78, 5) is 26.4. The van der Waals surface area contributed by atoms with E-state index < -0.39 is 12.1 Å². The SMILES string of the molecule is CCC(OC1CCCC1)C(=O)NC(C)C(=O)N1CCOCC1. The van der Waals surface area contributed by atoms with E-state index in [1.54, 1.807) is 11.8 Å². The number of nitrogens with one attached hydrogen (secondary N) is 1. The first-order valence-corrected chi connectivity index (χ1v) is 8.44. The molecule has 2 fully saturated rings. The Morgan fingerprint density at radius 2 is 1.91 bits per heavy atom. The zero-order chi connectivity index (χ0) is 15.9. The van der Waals surface area contributed by atoms with Crippen molar-refractivity contribution < 1.29 is 19.1 Å². The number of carbonyl (C=O) groups is 2. The molecule has 2 unspecified atom stereocenters. The molecule has 126 valence electrons. The average molecular weight is 312 g/mol. The number of hydrogen-bond donors (Lipinski definition) is 1. The number of rotatable bonds is 6. The van der Waals surface area contributed by atoms with Gasteiger partial charge in [-0.2, -0.15) is 0 Å². The van der Waals surface area contributed by atoms with Crippen LogP contribution >= 0.6 is 0 Å². The van der Waals surface area contributed by atoms with Gasteiger partial charge < -0.3 is 19.7 Å². The van der Waals surface area contributed by atoms with Crippen molar-refractivity contribution in [3.8, 4) is 0 Å². The number of morpholine rings is 1. The standard InChI is InChI=1S/C16H28N2O4/c1-3-14(22-13-6-4-5-7-13)15(19)17-12(2)16(20)18-8-10-21-11-9-18/h12-14H,3-11H2,1-2H3,(H,17,19). The van der Waals surface area contributed by atoms with Crippen LogP contribution in [0.2, 0.25) is 0 Å². The molecule has 2 aliphatic rings. The third kappa shape index (κ3) is 4.68. The highest BCUT2D eigenvalue weighted by Crippen LogP contribution is 2.23. The summed E-state index contributed by atoms with van der Waals surface area (Å²) in [6.07, 6.45) is 4.78. The van der Waals surface area contributed by atoms with Gasteiger partial charge in [0.05, 0.1) is 19.3 Å². The first-order chi connectivity index (χ1) is 10.6. The molecule has 6 heteroatoms. The highest BCUT2D eigenvalue weighted by Gasteiger charge is 2.28. The summed E-state index contributed by atoms with van der Waals surface area (Å²) in [7, 11) is 0. The Bertz CT molecular complexity index is 376. The molecule has 2 rings (SSSR count). The molecule has 1 aliphatic heterocycles. The lowest BCUT2D eigenvalue weighted by Gasteiger charge is -2.30. The van der Waals surface area contributed by atoms with Crippen LogP contribution in [0.25, 0.3) is 0 Å². The van der Waals surface area contributed by atoms with Gasteiger partial charge in [0.25, 0.3) is 0 Å². The smallest absolute Gasteiger partial charge is 0.249 e. The van der Waals surface area contributed by atoms with Crippen LogP contribution in [0.15, 0.2) is 0 Å². The highest BCUT2D eigenvalue weighted by atomic mass is 16.5. The van der Waals surface area contributed by atoms with Gasteiger partial charge in [0.1, 0.15) is 12.1 Å². The summed E-state index contributed by atoms with van der Waals surface area (Å²) in [6, 6.07) is -0.521. The number of carbonyl (C=O) groups excluding carboxylic acids is 2. The number of amides is 2. The Labute approximate surface area is 132 Å². The summed E-state index contributed by atoms with van der Waals surface area (Å²) < 4.78 is 11.1. The van der Waals surface area contributed by atoms with Gasteiger partial charge >= 0.3 is 0 Å². The third-order valence-electron chi connectivity index (χ3n) is 4.37. The molecule has 22 heavy (non-hydrogen) atoms. The lowest BCUT2D eigenvalue weighted by Crippen LogP contribution is -2.52. The fraction of sp³-hybridized carbons (Fsp3) is 0.875. The highest BCUT2D eigenvalue weighted by molar-refractivity contribution is 5.89.